The number of imidazole rings is 1. The first-order valence-electron chi connectivity index (χ1n) is 9.75. The van der Waals surface area contributed by atoms with Gasteiger partial charge < -0.3 is 5.11 Å². The molecule has 0 amide bonds. The normalized spacial score (nSPS) is 12.7. The molecule has 4 aromatic rings. The van der Waals surface area contributed by atoms with Gasteiger partial charge in [-0.3, -0.25) is 23.3 Å². The molecule has 0 bridgehead atoms. The quantitative estimate of drug-likeness (QED) is 0.547. The summed E-state index contributed by atoms with van der Waals surface area (Å²) in [5.74, 6) is -0.303. The lowest BCUT2D eigenvalue weighted by Crippen LogP contribution is -2.38. The number of hydrogen-bond donors (Lipinski definition) is 1. The zero-order valence-electron chi connectivity index (χ0n) is 17.3. The summed E-state index contributed by atoms with van der Waals surface area (Å²) in [7, 11) is 2.86. The number of fused-ring (bicyclic) bond motifs is 3. The molecule has 4 rings (SSSR count). The van der Waals surface area contributed by atoms with Crippen LogP contribution in [0, 0.1) is 0 Å². The van der Waals surface area contributed by atoms with Gasteiger partial charge in [0.15, 0.2) is 11.2 Å². The van der Waals surface area contributed by atoms with Crippen molar-refractivity contribution in [2.24, 2.45) is 14.1 Å². The fourth-order valence-electron chi connectivity index (χ4n) is 3.76. The summed E-state index contributed by atoms with van der Waals surface area (Å²) in [4.78, 5) is 43.1. The summed E-state index contributed by atoms with van der Waals surface area (Å²) in [6.07, 6.45) is 0.628. The topological polar surface area (TPSA) is 104 Å². The van der Waals surface area contributed by atoms with Crippen LogP contribution in [0.15, 0.2) is 44.7 Å². The van der Waals surface area contributed by atoms with Crippen LogP contribution in [-0.4, -0.2) is 28.2 Å². The molecule has 9 nitrogen and oxygen atoms in total. The lowest BCUT2D eigenvalue weighted by atomic mass is 10.0. The Morgan fingerprint density at radius 2 is 1.70 bits per heavy atom. The summed E-state index contributed by atoms with van der Waals surface area (Å²) >= 11 is 0. The van der Waals surface area contributed by atoms with E-state index in [1.54, 1.807) is 0 Å². The molecule has 0 fully saturated rings. The number of hydrogen-bond acceptors (Lipinski definition) is 5. The zero-order valence-corrected chi connectivity index (χ0v) is 17.3. The molecule has 0 aliphatic rings. The van der Waals surface area contributed by atoms with Gasteiger partial charge in [0.05, 0.1) is 12.1 Å². The van der Waals surface area contributed by atoms with Gasteiger partial charge in [0.1, 0.15) is 0 Å². The second kappa shape index (κ2) is 7.01. The van der Waals surface area contributed by atoms with E-state index >= 15 is 0 Å². The second-order valence-electron chi connectivity index (χ2n) is 7.55. The molecule has 1 unspecified atom stereocenters. The average Bonchev–Trinajstić information content (AvgIpc) is 3.15. The van der Waals surface area contributed by atoms with Crippen LogP contribution in [0.5, 0.6) is 5.88 Å². The van der Waals surface area contributed by atoms with Crippen molar-refractivity contribution in [3.63, 3.8) is 0 Å². The van der Waals surface area contributed by atoms with Crippen molar-refractivity contribution >= 4 is 16.9 Å². The fraction of sp³-hybridized carbons (Fsp3) is 0.333. The Labute approximate surface area is 171 Å². The summed E-state index contributed by atoms with van der Waals surface area (Å²) < 4.78 is 4.92. The lowest BCUT2D eigenvalue weighted by Gasteiger charge is -2.17. The van der Waals surface area contributed by atoms with Gasteiger partial charge >= 0.3 is 5.69 Å². The molecule has 0 saturated carbocycles. The highest BCUT2D eigenvalue weighted by molar-refractivity contribution is 5.75. The average molecular weight is 409 g/mol. The summed E-state index contributed by atoms with van der Waals surface area (Å²) in [6, 6.07) is 9.44. The molecule has 30 heavy (non-hydrogen) atoms. The number of aryl methyl sites for hydroxylation is 1. The first-order chi connectivity index (χ1) is 14.3. The van der Waals surface area contributed by atoms with Crippen LogP contribution in [0.2, 0.25) is 0 Å². The number of aromatic hydroxyl groups is 1. The third-order valence-electron chi connectivity index (χ3n) is 5.70. The monoisotopic (exact) mass is 409 g/mol. The van der Waals surface area contributed by atoms with Crippen molar-refractivity contribution in [2.75, 3.05) is 0 Å². The molecule has 0 aliphatic heterocycles. The molecule has 0 saturated heterocycles. The SMILES string of the molecule is CCC(C)c1c(O)n(Cc2ccccc2)c2nc3c(c(=O)n(C)c(=O)n3C)n2c1=O. The van der Waals surface area contributed by atoms with Crippen LogP contribution in [0.1, 0.15) is 37.3 Å². The molecule has 1 atom stereocenters. The van der Waals surface area contributed by atoms with E-state index in [1.807, 2.05) is 44.2 Å². The standard InChI is InChI=1S/C21H23N5O4/c1-5-12(2)14-17(27)25(11-13-9-7-6-8-10-13)20-22-16-15(26(20)18(14)28)19(29)24(4)21(30)23(16)3/h6-10,12,27H,5,11H2,1-4H3. The minimum atomic E-state index is -0.607. The Hall–Kier alpha value is -3.62. The minimum Gasteiger partial charge on any atom is -0.494 e. The van der Waals surface area contributed by atoms with Crippen LogP contribution >= 0.6 is 0 Å². The Balaban J connectivity index is 2.24. The predicted molar refractivity (Wildman–Crippen MR) is 113 cm³/mol. The van der Waals surface area contributed by atoms with Gasteiger partial charge in [-0.1, -0.05) is 44.2 Å². The van der Waals surface area contributed by atoms with E-state index in [0.29, 0.717) is 6.42 Å². The Morgan fingerprint density at radius 3 is 2.33 bits per heavy atom. The Morgan fingerprint density at radius 1 is 1.03 bits per heavy atom. The van der Waals surface area contributed by atoms with Gasteiger partial charge in [-0.25, -0.2) is 9.20 Å². The van der Waals surface area contributed by atoms with Crippen molar-refractivity contribution in [1.82, 2.24) is 23.1 Å². The molecule has 0 spiro atoms. The van der Waals surface area contributed by atoms with Crippen molar-refractivity contribution in [2.45, 2.75) is 32.7 Å². The van der Waals surface area contributed by atoms with E-state index in [9.17, 15) is 19.5 Å². The first kappa shape index (κ1) is 19.7. The van der Waals surface area contributed by atoms with E-state index in [4.69, 9.17) is 0 Å². The van der Waals surface area contributed by atoms with E-state index < -0.39 is 16.8 Å². The van der Waals surface area contributed by atoms with Gasteiger partial charge in [-0.2, -0.15) is 4.98 Å². The smallest absolute Gasteiger partial charge is 0.332 e. The maximum Gasteiger partial charge on any atom is 0.332 e. The van der Waals surface area contributed by atoms with Crippen LogP contribution in [0.25, 0.3) is 16.9 Å². The predicted octanol–water partition coefficient (Wildman–Crippen LogP) is 1.31. The summed E-state index contributed by atoms with van der Waals surface area (Å²) in [6.45, 7) is 4.02. The lowest BCUT2D eigenvalue weighted by molar-refractivity contribution is 0.405. The molecule has 3 heterocycles. The first-order valence-corrected chi connectivity index (χ1v) is 9.75. The third kappa shape index (κ3) is 2.69. The molecule has 1 aromatic carbocycles. The molecule has 156 valence electrons. The van der Waals surface area contributed by atoms with Crippen molar-refractivity contribution in [3.05, 3.63) is 72.7 Å². The highest BCUT2D eigenvalue weighted by atomic mass is 16.3. The highest BCUT2D eigenvalue weighted by Gasteiger charge is 2.26. The van der Waals surface area contributed by atoms with Gasteiger partial charge in [-0.15, -0.1) is 0 Å². The van der Waals surface area contributed by atoms with Crippen LogP contribution in [0.4, 0.5) is 0 Å². The van der Waals surface area contributed by atoms with Crippen LogP contribution in [-0.2, 0) is 20.6 Å². The van der Waals surface area contributed by atoms with Gasteiger partial charge in [0.25, 0.3) is 11.1 Å². The van der Waals surface area contributed by atoms with Crippen LogP contribution in [0.3, 0.4) is 0 Å². The second-order valence-corrected chi connectivity index (χ2v) is 7.55. The number of benzene rings is 1. The van der Waals surface area contributed by atoms with E-state index in [2.05, 4.69) is 4.98 Å². The number of rotatable bonds is 4. The summed E-state index contributed by atoms with van der Waals surface area (Å²) in [5.41, 5.74) is -0.416. The fourth-order valence-corrected chi connectivity index (χ4v) is 3.76. The van der Waals surface area contributed by atoms with Crippen molar-refractivity contribution in [3.8, 4) is 5.88 Å². The third-order valence-corrected chi connectivity index (χ3v) is 5.70. The van der Waals surface area contributed by atoms with Crippen molar-refractivity contribution < 1.29 is 5.11 Å². The van der Waals surface area contributed by atoms with Crippen LogP contribution < -0.4 is 16.8 Å². The molecule has 0 aliphatic carbocycles. The molecule has 9 heteroatoms. The molecular weight excluding hydrogens is 386 g/mol. The minimum absolute atomic E-state index is 0.0194. The molecule has 1 N–H and O–H groups in total. The van der Waals surface area contributed by atoms with E-state index in [0.717, 1.165) is 10.1 Å². The zero-order chi connectivity index (χ0) is 21.7. The highest BCUT2D eigenvalue weighted by Crippen LogP contribution is 2.28. The maximum atomic E-state index is 13.4. The molecule has 3 aromatic heterocycles. The number of aromatic nitrogens is 5. The van der Waals surface area contributed by atoms with E-state index in [-0.39, 0.29) is 40.8 Å². The largest absolute Gasteiger partial charge is 0.494 e. The Kier molecular flexibility index (Phi) is 4.60. The van der Waals surface area contributed by atoms with E-state index in [1.165, 1.54) is 27.6 Å². The number of nitrogens with zero attached hydrogens (tertiary/aromatic N) is 5. The Bertz CT molecular complexity index is 1460. The summed E-state index contributed by atoms with van der Waals surface area (Å²) in [5, 5.41) is 11.1. The van der Waals surface area contributed by atoms with Crippen molar-refractivity contribution in [1.29, 1.82) is 0 Å². The van der Waals surface area contributed by atoms with Gasteiger partial charge in [0.2, 0.25) is 11.7 Å². The van der Waals surface area contributed by atoms with Gasteiger partial charge in [0, 0.05) is 14.1 Å². The van der Waals surface area contributed by atoms with Gasteiger partial charge in [-0.05, 0) is 17.9 Å². The maximum absolute atomic E-state index is 13.4. The molecular formula is C21H23N5O4. The molecule has 0 radical (unpaired) electrons.